The molecule has 1 aromatic rings. The molecule has 4 heteroatoms. The molecule has 0 spiro atoms. The van der Waals surface area contributed by atoms with Crippen LogP contribution in [-0.2, 0) is 7.05 Å². The zero-order valence-corrected chi connectivity index (χ0v) is 11.6. The van der Waals surface area contributed by atoms with Crippen molar-refractivity contribution >= 4 is 11.8 Å². The molecule has 1 heterocycles. The van der Waals surface area contributed by atoms with Crippen molar-refractivity contribution in [2.24, 2.45) is 18.7 Å². The first-order valence-corrected chi connectivity index (χ1v) is 7.48. The fraction of sp³-hybridized carbons (Fsp3) is 0.769. The Hall–Kier alpha value is -0.480. The fourth-order valence-electron chi connectivity index (χ4n) is 2.68. The molecule has 3 unspecified atom stereocenters. The van der Waals surface area contributed by atoms with Crippen LogP contribution >= 0.6 is 11.8 Å². The zero-order chi connectivity index (χ0) is 12.3. The summed E-state index contributed by atoms with van der Waals surface area (Å²) >= 11 is 1.91. The molecule has 2 N–H and O–H groups in total. The summed E-state index contributed by atoms with van der Waals surface area (Å²) in [6, 6.07) is 0.355. The zero-order valence-electron chi connectivity index (χ0n) is 10.8. The first kappa shape index (κ1) is 13.0. The van der Waals surface area contributed by atoms with Crippen molar-refractivity contribution in [2.75, 3.05) is 0 Å². The second-order valence-corrected chi connectivity index (χ2v) is 6.45. The third kappa shape index (κ3) is 3.49. The van der Waals surface area contributed by atoms with E-state index in [0.717, 1.165) is 5.92 Å². The van der Waals surface area contributed by atoms with Gasteiger partial charge < -0.3 is 5.73 Å². The largest absolute Gasteiger partial charge is 0.327 e. The highest BCUT2D eigenvalue weighted by Crippen LogP contribution is 2.37. The van der Waals surface area contributed by atoms with E-state index in [0.29, 0.717) is 11.3 Å². The van der Waals surface area contributed by atoms with Crippen LogP contribution in [0.5, 0.6) is 0 Å². The number of nitrogens with two attached hydrogens (primary N) is 1. The minimum Gasteiger partial charge on any atom is -0.327 e. The minimum atomic E-state index is 0.355. The van der Waals surface area contributed by atoms with E-state index in [-0.39, 0.29) is 0 Å². The third-order valence-corrected chi connectivity index (χ3v) is 4.94. The lowest BCUT2D eigenvalue weighted by atomic mass is 9.83. The SMILES string of the molecule is CCCC1CCC(N)C(Sc2cnn(C)c2)C1. The van der Waals surface area contributed by atoms with Gasteiger partial charge in [0.2, 0.25) is 0 Å². The molecule has 1 aliphatic rings. The Bertz CT molecular complexity index is 350. The molecule has 3 nitrogen and oxygen atoms in total. The lowest BCUT2D eigenvalue weighted by Gasteiger charge is -2.33. The van der Waals surface area contributed by atoms with Gasteiger partial charge >= 0.3 is 0 Å². The van der Waals surface area contributed by atoms with E-state index in [9.17, 15) is 0 Å². The molecule has 0 aromatic carbocycles. The summed E-state index contributed by atoms with van der Waals surface area (Å²) < 4.78 is 1.86. The maximum atomic E-state index is 6.24. The standard InChI is InChI=1S/C13H23N3S/c1-3-4-10-5-6-12(14)13(7-10)17-11-8-15-16(2)9-11/h8-10,12-13H,3-7,14H2,1-2H3. The predicted molar refractivity (Wildman–Crippen MR) is 73.1 cm³/mol. The van der Waals surface area contributed by atoms with Crippen LogP contribution in [0.4, 0.5) is 0 Å². The van der Waals surface area contributed by atoms with Crippen molar-refractivity contribution < 1.29 is 0 Å². The average Bonchev–Trinajstić information content (AvgIpc) is 2.69. The van der Waals surface area contributed by atoms with Crippen LogP contribution in [-0.4, -0.2) is 21.1 Å². The van der Waals surface area contributed by atoms with E-state index in [1.807, 2.05) is 29.7 Å². The van der Waals surface area contributed by atoms with E-state index >= 15 is 0 Å². The fourth-order valence-corrected chi connectivity index (χ4v) is 4.03. The van der Waals surface area contributed by atoms with Gasteiger partial charge in [-0.2, -0.15) is 5.10 Å². The van der Waals surface area contributed by atoms with Crippen LogP contribution in [0.1, 0.15) is 39.0 Å². The van der Waals surface area contributed by atoms with E-state index in [2.05, 4.69) is 18.2 Å². The number of aryl methyl sites for hydroxylation is 1. The Morgan fingerprint density at radius 2 is 2.35 bits per heavy atom. The van der Waals surface area contributed by atoms with E-state index in [4.69, 9.17) is 5.73 Å². The van der Waals surface area contributed by atoms with Crippen LogP contribution in [0.15, 0.2) is 17.3 Å². The van der Waals surface area contributed by atoms with Crippen LogP contribution in [0.25, 0.3) is 0 Å². The number of aromatic nitrogens is 2. The van der Waals surface area contributed by atoms with Crippen molar-refractivity contribution in [2.45, 2.75) is 55.2 Å². The lowest BCUT2D eigenvalue weighted by Crippen LogP contribution is -2.38. The Kier molecular flexibility index (Phi) is 4.51. The molecule has 17 heavy (non-hydrogen) atoms. The summed E-state index contributed by atoms with van der Waals surface area (Å²) in [4.78, 5) is 1.25. The number of nitrogens with zero attached hydrogens (tertiary/aromatic N) is 2. The van der Waals surface area contributed by atoms with Gasteiger partial charge in [-0.05, 0) is 25.2 Å². The highest BCUT2D eigenvalue weighted by atomic mass is 32.2. The molecule has 1 aromatic heterocycles. The monoisotopic (exact) mass is 253 g/mol. The second kappa shape index (κ2) is 5.91. The number of thioether (sulfide) groups is 1. The van der Waals surface area contributed by atoms with Gasteiger partial charge in [-0.3, -0.25) is 4.68 Å². The summed E-state index contributed by atoms with van der Waals surface area (Å²) in [6.07, 6.45) is 10.5. The van der Waals surface area contributed by atoms with Gasteiger partial charge in [0, 0.05) is 29.4 Å². The topological polar surface area (TPSA) is 43.8 Å². The van der Waals surface area contributed by atoms with Crippen molar-refractivity contribution in [3.63, 3.8) is 0 Å². The molecular weight excluding hydrogens is 230 g/mol. The summed E-state index contributed by atoms with van der Waals surface area (Å²) in [5, 5.41) is 4.79. The Labute approximate surface area is 108 Å². The van der Waals surface area contributed by atoms with Crippen molar-refractivity contribution in [3.05, 3.63) is 12.4 Å². The smallest absolute Gasteiger partial charge is 0.0625 e. The number of hydrogen-bond donors (Lipinski definition) is 1. The van der Waals surface area contributed by atoms with E-state index < -0.39 is 0 Å². The van der Waals surface area contributed by atoms with Crippen molar-refractivity contribution in [1.29, 1.82) is 0 Å². The molecule has 1 saturated carbocycles. The summed E-state index contributed by atoms with van der Waals surface area (Å²) in [6.45, 7) is 2.28. The van der Waals surface area contributed by atoms with Gasteiger partial charge in [-0.25, -0.2) is 0 Å². The quantitative estimate of drug-likeness (QED) is 0.897. The van der Waals surface area contributed by atoms with Crippen LogP contribution in [0.2, 0.25) is 0 Å². The molecule has 96 valence electrons. The van der Waals surface area contributed by atoms with Crippen molar-refractivity contribution in [1.82, 2.24) is 9.78 Å². The van der Waals surface area contributed by atoms with Crippen LogP contribution in [0, 0.1) is 5.92 Å². The minimum absolute atomic E-state index is 0.355. The van der Waals surface area contributed by atoms with Gasteiger partial charge in [-0.1, -0.05) is 19.8 Å². The molecule has 0 bridgehead atoms. The molecule has 3 atom stereocenters. The average molecular weight is 253 g/mol. The van der Waals surface area contributed by atoms with E-state index in [1.165, 1.54) is 37.0 Å². The predicted octanol–water partition coefficient (Wildman–Crippen LogP) is 2.81. The number of rotatable bonds is 4. The Morgan fingerprint density at radius 1 is 1.53 bits per heavy atom. The maximum absolute atomic E-state index is 6.24. The highest BCUT2D eigenvalue weighted by molar-refractivity contribution is 8.00. The first-order valence-electron chi connectivity index (χ1n) is 6.60. The molecule has 1 aliphatic carbocycles. The second-order valence-electron chi connectivity index (χ2n) is 5.14. The van der Waals surface area contributed by atoms with Crippen LogP contribution in [0.3, 0.4) is 0 Å². The summed E-state index contributed by atoms with van der Waals surface area (Å²) in [5.41, 5.74) is 6.24. The number of hydrogen-bond acceptors (Lipinski definition) is 3. The van der Waals surface area contributed by atoms with Gasteiger partial charge in [0.25, 0.3) is 0 Å². The van der Waals surface area contributed by atoms with Crippen LogP contribution < -0.4 is 5.73 Å². The summed E-state index contributed by atoms with van der Waals surface area (Å²) in [7, 11) is 1.96. The summed E-state index contributed by atoms with van der Waals surface area (Å²) in [5.74, 6) is 0.883. The lowest BCUT2D eigenvalue weighted by molar-refractivity contribution is 0.317. The highest BCUT2D eigenvalue weighted by Gasteiger charge is 2.28. The maximum Gasteiger partial charge on any atom is 0.0625 e. The first-order chi connectivity index (χ1) is 8.19. The van der Waals surface area contributed by atoms with Gasteiger partial charge in [-0.15, -0.1) is 11.8 Å². The molecule has 0 aliphatic heterocycles. The third-order valence-electron chi connectivity index (χ3n) is 3.62. The van der Waals surface area contributed by atoms with E-state index in [1.54, 1.807) is 0 Å². The Morgan fingerprint density at radius 3 is 3.00 bits per heavy atom. The van der Waals surface area contributed by atoms with Gasteiger partial charge in [0.1, 0.15) is 0 Å². The molecular formula is C13H23N3S. The Balaban J connectivity index is 1.93. The molecule has 0 amide bonds. The molecule has 2 rings (SSSR count). The normalized spacial score (nSPS) is 29.5. The van der Waals surface area contributed by atoms with Gasteiger partial charge in [0.15, 0.2) is 0 Å². The van der Waals surface area contributed by atoms with Crippen molar-refractivity contribution in [3.8, 4) is 0 Å². The molecule has 1 fully saturated rings. The van der Waals surface area contributed by atoms with Gasteiger partial charge in [0.05, 0.1) is 6.20 Å². The molecule has 0 radical (unpaired) electrons. The molecule has 0 saturated heterocycles.